The Morgan fingerprint density at radius 3 is 1.84 bits per heavy atom. The summed E-state index contributed by atoms with van der Waals surface area (Å²) in [6.07, 6.45) is 0.851. The van der Waals surface area contributed by atoms with Crippen LogP contribution in [0, 0.1) is 40.4 Å². The van der Waals surface area contributed by atoms with Crippen LogP contribution >= 0.6 is 0 Å². The van der Waals surface area contributed by atoms with Gasteiger partial charge in [-0.05, 0) is 53.1 Å². The number of benzene rings is 1. The molecule has 0 bridgehead atoms. The molecule has 31 heavy (non-hydrogen) atoms. The smallest absolute Gasteiger partial charge is 0.228 e. The van der Waals surface area contributed by atoms with Crippen molar-refractivity contribution < 1.29 is 9.53 Å². The van der Waals surface area contributed by atoms with Crippen LogP contribution in [-0.4, -0.2) is 18.2 Å². The van der Waals surface area contributed by atoms with E-state index < -0.39 is 0 Å². The van der Waals surface area contributed by atoms with Crippen LogP contribution in [0.15, 0.2) is 24.3 Å². The van der Waals surface area contributed by atoms with Crippen molar-refractivity contribution in [1.82, 2.24) is 0 Å². The first-order valence-electron chi connectivity index (χ1n) is 11.7. The van der Waals surface area contributed by atoms with Gasteiger partial charge in [0.2, 0.25) is 5.91 Å². The van der Waals surface area contributed by atoms with Gasteiger partial charge in [-0.15, -0.1) is 0 Å². The monoisotopic (exact) mass is 430 g/mol. The number of carbonyl (C=O) groups excluding carboxylic acids is 1. The van der Waals surface area contributed by atoms with Gasteiger partial charge in [-0.2, -0.15) is 0 Å². The van der Waals surface area contributed by atoms with Crippen LogP contribution in [0.2, 0.25) is 0 Å². The van der Waals surface area contributed by atoms with Crippen molar-refractivity contribution in [2.45, 2.75) is 94.9 Å². The molecule has 4 nitrogen and oxygen atoms in total. The van der Waals surface area contributed by atoms with E-state index in [1.54, 1.807) is 0 Å². The summed E-state index contributed by atoms with van der Waals surface area (Å²) < 4.78 is 5.82. The molecular formula is C27H46N2O2. The lowest BCUT2D eigenvalue weighted by Gasteiger charge is -2.54. The predicted octanol–water partition coefficient (Wildman–Crippen LogP) is 6.38. The molecule has 1 aromatic carbocycles. The Kier molecular flexibility index (Phi) is 7.10. The molecule has 0 aliphatic carbocycles. The number of amides is 1. The predicted molar refractivity (Wildman–Crippen MR) is 131 cm³/mol. The summed E-state index contributed by atoms with van der Waals surface area (Å²) in [6, 6.07) is 8.01. The molecule has 0 aromatic heterocycles. The van der Waals surface area contributed by atoms with Crippen molar-refractivity contribution in [3.8, 4) is 0 Å². The minimum Gasteiger partial charge on any atom is -0.353 e. The van der Waals surface area contributed by atoms with E-state index in [1.165, 1.54) is 5.56 Å². The summed E-state index contributed by atoms with van der Waals surface area (Å²) >= 11 is 0. The molecule has 0 saturated carbocycles. The lowest BCUT2D eigenvalue weighted by atomic mass is 9.49. The van der Waals surface area contributed by atoms with Gasteiger partial charge in [-0.25, -0.2) is 0 Å². The molecule has 0 radical (unpaired) electrons. The van der Waals surface area contributed by atoms with Gasteiger partial charge < -0.3 is 15.8 Å². The van der Waals surface area contributed by atoms with Crippen molar-refractivity contribution in [2.24, 2.45) is 39.2 Å². The van der Waals surface area contributed by atoms with Gasteiger partial charge in [0.15, 0.2) is 0 Å². The second-order valence-corrected chi connectivity index (χ2v) is 13.0. The van der Waals surface area contributed by atoms with Gasteiger partial charge in [0.25, 0.3) is 0 Å². The molecule has 1 amide bonds. The van der Waals surface area contributed by atoms with E-state index in [-0.39, 0.29) is 51.7 Å². The number of carbonyl (C=O) groups is 1. The highest BCUT2D eigenvalue weighted by Gasteiger charge is 2.59. The van der Waals surface area contributed by atoms with Crippen LogP contribution in [0.4, 0.5) is 5.69 Å². The molecule has 1 aliphatic heterocycles. The minimum absolute atomic E-state index is 0.0503. The van der Waals surface area contributed by atoms with Crippen LogP contribution in [0.25, 0.3) is 0 Å². The number of epoxide rings is 1. The lowest BCUT2D eigenvalue weighted by molar-refractivity contribution is -0.138. The van der Waals surface area contributed by atoms with Gasteiger partial charge in [-0.1, -0.05) is 86.9 Å². The first-order chi connectivity index (χ1) is 13.9. The number of nitrogens with two attached hydrogens (primary N) is 1. The van der Waals surface area contributed by atoms with Crippen LogP contribution in [-0.2, 0) is 9.53 Å². The number of hydrogen-bond donors (Lipinski definition) is 2. The van der Waals surface area contributed by atoms with Gasteiger partial charge in [0.05, 0.1) is 0 Å². The molecule has 0 spiro atoms. The van der Waals surface area contributed by atoms with Crippen molar-refractivity contribution in [3.05, 3.63) is 29.8 Å². The van der Waals surface area contributed by atoms with Gasteiger partial charge in [-0.3, -0.25) is 4.79 Å². The van der Waals surface area contributed by atoms with E-state index in [0.29, 0.717) is 0 Å². The van der Waals surface area contributed by atoms with Crippen LogP contribution in [0.3, 0.4) is 0 Å². The zero-order chi connectivity index (χ0) is 24.0. The first kappa shape index (κ1) is 25.9. The zero-order valence-corrected chi connectivity index (χ0v) is 21.7. The molecule has 1 saturated heterocycles. The number of nitrogens with one attached hydrogen (secondary N) is 1. The Bertz CT molecular complexity index is 766. The van der Waals surface area contributed by atoms with Crippen molar-refractivity contribution in [1.29, 1.82) is 0 Å². The lowest BCUT2D eigenvalue weighted by Crippen LogP contribution is -2.54. The zero-order valence-electron chi connectivity index (χ0n) is 21.7. The summed E-state index contributed by atoms with van der Waals surface area (Å²) in [6.45, 7) is 24.5. The highest BCUT2D eigenvalue weighted by molar-refractivity contribution is 5.93. The van der Waals surface area contributed by atoms with Gasteiger partial charge >= 0.3 is 0 Å². The van der Waals surface area contributed by atoms with Crippen LogP contribution < -0.4 is 11.1 Å². The molecular weight excluding hydrogens is 384 g/mol. The average molecular weight is 431 g/mol. The Balaban J connectivity index is 2.42. The number of aryl methyl sites for hydroxylation is 1. The fourth-order valence-electron chi connectivity index (χ4n) is 5.41. The van der Waals surface area contributed by atoms with E-state index in [2.05, 4.69) is 81.5 Å². The van der Waals surface area contributed by atoms with Crippen LogP contribution in [0.5, 0.6) is 0 Å². The molecule has 4 unspecified atom stereocenters. The number of anilines is 1. The molecule has 3 N–H and O–H groups in total. The summed E-state index contributed by atoms with van der Waals surface area (Å²) in [5.74, 6) is 0.133. The fraction of sp³-hybridized carbons (Fsp3) is 0.741. The van der Waals surface area contributed by atoms with Crippen molar-refractivity contribution in [3.63, 3.8) is 0 Å². The van der Waals surface area contributed by atoms with Crippen LogP contribution in [0.1, 0.15) is 81.2 Å². The Hall–Kier alpha value is -1.39. The van der Waals surface area contributed by atoms with E-state index in [1.807, 2.05) is 24.3 Å². The summed E-state index contributed by atoms with van der Waals surface area (Å²) in [7, 11) is 0. The van der Waals surface area contributed by atoms with E-state index in [0.717, 1.165) is 12.1 Å². The maximum Gasteiger partial charge on any atom is 0.228 e. The van der Waals surface area contributed by atoms with E-state index in [9.17, 15) is 4.79 Å². The number of rotatable bonds is 7. The third kappa shape index (κ3) is 5.90. The second kappa shape index (κ2) is 8.51. The summed E-state index contributed by atoms with van der Waals surface area (Å²) in [5, 5.41) is 3.20. The fourth-order valence-corrected chi connectivity index (χ4v) is 5.41. The SMILES string of the molecule is Cc1ccc(NC(=O)C(C(C)(C)C)C(C)(C)C(C)(C)C(CC(C)(C)C)C2OC2N)cc1. The summed E-state index contributed by atoms with van der Waals surface area (Å²) in [4.78, 5) is 13.7. The third-order valence-corrected chi connectivity index (χ3v) is 7.55. The molecule has 176 valence electrons. The third-order valence-electron chi connectivity index (χ3n) is 7.55. The van der Waals surface area contributed by atoms with Crippen molar-refractivity contribution >= 4 is 11.6 Å². The highest BCUT2D eigenvalue weighted by Crippen LogP contribution is 2.58. The molecule has 1 aliphatic rings. The first-order valence-corrected chi connectivity index (χ1v) is 11.7. The molecule has 4 heteroatoms. The normalized spacial score (nSPS) is 22.1. The molecule has 1 fully saturated rings. The number of hydrogen-bond acceptors (Lipinski definition) is 3. The summed E-state index contributed by atoms with van der Waals surface area (Å²) in [5.41, 5.74) is 7.63. The maximum atomic E-state index is 13.7. The Morgan fingerprint density at radius 1 is 0.968 bits per heavy atom. The van der Waals surface area contributed by atoms with Crippen molar-refractivity contribution in [2.75, 3.05) is 5.32 Å². The number of ether oxygens (including phenoxy) is 1. The minimum atomic E-state index is -0.304. The largest absolute Gasteiger partial charge is 0.353 e. The molecule has 1 heterocycles. The van der Waals surface area contributed by atoms with Gasteiger partial charge in [0, 0.05) is 11.6 Å². The Labute approximate surface area is 190 Å². The topological polar surface area (TPSA) is 67.7 Å². The molecule has 1 aromatic rings. The van der Waals surface area contributed by atoms with Gasteiger partial charge in [0.1, 0.15) is 12.3 Å². The Morgan fingerprint density at radius 2 is 1.45 bits per heavy atom. The quantitative estimate of drug-likeness (QED) is 0.493. The standard InChI is InChI=1S/C27H46N2O2/c1-17-12-14-18(15-13-17)29-23(30)21(25(5,6)7)27(10,11)26(8,9)19(16-24(2,3)4)20-22(28)31-20/h12-15,19-22H,16,28H2,1-11H3,(H,29,30). The second-order valence-electron chi connectivity index (χ2n) is 13.0. The maximum absolute atomic E-state index is 13.7. The molecule has 4 atom stereocenters. The van der Waals surface area contributed by atoms with E-state index in [4.69, 9.17) is 10.5 Å². The molecule has 2 rings (SSSR count). The van der Waals surface area contributed by atoms with E-state index >= 15 is 0 Å². The average Bonchev–Trinajstić information content (AvgIpc) is 3.28. The highest BCUT2D eigenvalue weighted by atomic mass is 16.6.